The maximum Gasteiger partial charge on any atom is 0.245 e. The number of hydrogen-bond donors (Lipinski definition) is 2. The quantitative estimate of drug-likeness (QED) is 0.893. The lowest BCUT2D eigenvalue weighted by Crippen LogP contribution is -2.27. The van der Waals surface area contributed by atoms with Crippen molar-refractivity contribution < 1.29 is 13.6 Å². The highest BCUT2D eigenvalue weighted by molar-refractivity contribution is 5.95. The van der Waals surface area contributed by atoms with E-state index >= 15 is 0 Å². The molecule has 2 aromatic carbocycles. The monoisotopic (exact) mass is 262 g/mol. The third-order valence-electron chi connectivity index (χ3n) is 2.57. The summed E-state index contributed by atoms with van der Waals surface area (Å²) in [5.74, 6) is -2.05. The molecule has 0 spiro atoms. The van der Waals surface area contributed by atoms with E-state index in [1.54, 1.807) is 30.3 Å². The molecule has 0 aliphatic carbocycles. The van der Waals surface area contributed by atoms with E-state index in [0.717, 1.165) is 18.2 Å². The van der Waals surface area contributed by atoms with Crippen LogP contribution in [-0.4, -0.2) is 5.91 Å². The van der Waals surface area contributed by atoms with Gasteiger partial charge in [-0.15, -0.1) is 0 Å². The number of carbonyl (C=O) groups is 1. The molecule has 0 heterocycles. The Bertz CT molecular complexity index is 567. The number of nitrogens with one attached hydrogen (secondary N) is 1. The second kappa shape index (κ2) is 5.58. The lowest BCUT2D eigenvalue weighted by atomic mass is 10.1. The molecule has 0 fully saturated rings. The van der Waals surface area contributed by atoms with Gasteiger partial charge in [0.1, 0.15) is 17.7 Å². The van der Waals surface area contributed by atoms with Crippen LogP contribution in [0.4, 0.5) is 14.5 Å². The molecule has 98 valence electrons. The largest absolute Gasteiger partial charge is 0.324 e. The first kappa shape index (κ1) is 13.2. The third kappa shape index (κ3) is 3.35. The van der Waals surface area contributed by atoms with Gasteiger partial charge in [0.15, 0.2) is 0 Å². The first-order valence-corrected chi connectivity index (χ1v) is 5.64. The van der Waals surface area contributed by atoms with E-state index in [-0.39, 0.29) is 5.69 Å². The fourth-order valence-corrected chi connectivity index (χ4v) is 1.66. The molecule has 0 aliphatic heterocycles. The summed E-state index contributed by atoms with van der Waals surface area (Å²) in [7, 11) is 0. The van der Waals surface area contributed by atoms with Crippen molar-refractivity contribution in [3.8, 4) is 0 Å². The van der Waals surface area contributed by atoms with E-state index in [1.165, 1.54) is 0 Å². The highest BCUT2D eigenvalue weighted by Crippen LogP contribution is 2.16. The molecule has 2 rings (SSSR count). The van der Waals surface area contributed by atoms with Crippen LogP contribution < -0.4 is 11.1 Å². The van der Waals surface area contributed by atoms with Gasteiger partial charge in [0.2, 0.25) is 5.91 Å². The summed E-state index contributed by atoms with van der Waals surface area (Å²) in [5.41, 5.74) is 6.42. The Morgan fingerprint density at radius 1 is 1.05 bits per heavy atom. The van der Waals surface area contributed by atoms with Crippen molar-refractivity contribution in [2.45, 2.75) is 6.04 Å². The zero-order valence-corrected chi connectivity index (χ0v) is 9.94. The van der Waals surface area contributed by atoms with Crippen LogP contribution in [0.3, 0.4) is 0 Å². The van der Waals surface area contributed by atoms with E-state index in [9.17, 15) is 13.6 Å². The van der Waals surface area contributed by atoms with Crippen molar-refractivity contribution in [1.29, 1.82) is 0 Å². The van der Waals surface area contributed by atoms with Gasteiger partial charge in [-0.25, -0.2) is 8.78 Å². The van der Waals surface area contributed by atoms with Crippen LogP contribution in [0, 0.1) is 11.6 Å². The van der Waals surface area contributed by atoms with Gasteiger partial charge in [-0.3, -0.25) is 4.79 Å². The van der Waals surface area contributed by atoms with Gasteiger partial charge in [0.25, 0.3) is 0 Å². The molecule has 1 amide bonds. The zero-order valence-electron chi connectivity index (χ0n) is 9.94. The molecule has 0 saturated heterocycles. The number of hydrogen-bond acceptors (Lipinski definition) is 2. The van der Waals surface area contributed by atoms with Crippen LogP contribution in [-0.2, 0) is 4.79 Å². The third-order valence-corrected chi connectivity index (χ3v) is 2.57. The Morgan fingerprint density at radius 2 is 1.63 bits per heavy atom. The smallest absolute Gasteiger partial charge is 0.245 e. The summed E-state index contributed by atoms with van der Waals surface area (Å²) in [6, 6.07) is 10.6. The van der Waals surface area contributed by atoms with Gasteiger partial charge >= 0.3 is 0 Å². The Kier molecular flexibility index (Phi) is 3.87. The van der Waals surface area contributed by atoms with Gasteiger partial charge in [-0.1, -0.05) is 30.3 Å². The fourth-order valence-electron chi connectivity index (χ4n) is 1.66. The first-order chi connectivity index (χ1) is 9.06. The fraction of sp³-hybridized carbons (Fsp3) is 0.0714. The van der Waals surface area contributed by atoms with E-state index in [1.807, 2.05) is 0 Å². The molecule has 0 aromatic heterocycles. The normalized spacial score (nSPS) is 11.9. The molecule has 2 aromatic rings. The number of amides is 1. The minimum Gasteiger partial charge on any atom is -0.324 e. The Hall–Kier alpha value is -2.27. The van der Waals surface area contributed by atoms with Gasteiger partial charge in [0, 0.05) is 11.8 Å². The SMILES string of the molecule is NC(C(=O)Nc1cc(F)cc(F)c1)c1ccccc1. The van der Waals surface area contributed by atoms with Crippen molar-refractivity contribution in [3.05, 3.63) is 65.7 Å². The molecule has 1 atom stereocenters. The van der Waals surface area contributed by atoms with Gasteiger partial charge in [0.05, 0.1) is 0 Å². The highest BCUT2D eigenvalue weighted by atomic mass is 19.1. The topological polar surface area (TPSA) is 55.1 Å². The molecule has 3 nitrogen and oxygen atoms in total. The first-order valence-electron chi connectivity index (χ1n) is 5.64. The summed E-state index contributed by atoms with van der Waals surface area (Å²) in [6.45, 7) is 0. The molecule has 19 heavy (non-hydrogen) atoms. The molecular weight excluding hydrogens is 250 g/mol. The average molecular weight is 262 g/mol. The highest BCUT2D eigenvalue weighted by Gasteiger charge is 2.16. The van der Waals surface area contributed by atoms with E-state index in [2.05, 4.69) is 5.32 Å². The zero-order chi connectivity index (χ0) is 13.8. The van der Waals surface area contributed by atoms with Crippen LogP contribution in [0.15, 0.2) is 48.5 Å². The Balaban J connectivity index is 2.13. The van der Waals surface area contributed by atoms with Crippen LogP contribution in [0.25, 0.3) is 0 Å². The lowest BCUT2D eigenvalue weighted by Gasteiger charge is -2.12. The van der Waals surface area contributed by atoms with E-state index < -0.39 is 23.6 Å². The minimum absolute atomic E-state index is 0.0360. The van der Waals surface area contributed by atoms with Crippen LogP contribution >= 0.6 is 0 Å². The van der Waals surface area contributed by atoms with Gasteiger partial charge in [-0.2, -0.15) is 0 Å². The number of rotatable bonds is 3. The minimum atomic E-state index is -0.896. The van der Waals surface area contributed by atoms with Crippen molar-refractivity contribution in [2.24, 2.45) is 5.73 Å². The number of carbonyl (C=O) groups excluding carboxylic acids is 1. The van der Waals surface area contributed by atoms with E-state index in [4.69, 9.17) is 5.73 Å². The molecule has 0 bridgehead atoms. The summed E-state index contributed by atoms with van der Waals surface area (Å²) < 4.78 is 26.0. The van der Waals surface area contributed by atoms with Crippen molar-refractivity contribution in [2.75, 3.05) is 5.32 Å². The maximum atomic E-state index is 13.0. The standard InChI is InChI=1S/C14H12F2N2O/c15-10-6-11(16)8-12(7-10)18-14(19)13(17)9-4-2-1-3-5-9/h1-8,13H,17H2,(H,18,19). The second-order valence-corrected chi connectivity index (χ2v) is 4.04. The van der Waals surface area contributed by atoms with Gasteiger partial charge < -0.3 is 11.1 Å². The van der Waals surface area contributed by atoms with Crippen molar-refractivity contribution >= 4 is 11.6 Å². The van der Waals surface area contributed by atoms with Crippen LogP contribution in [0.2, 0.25) is 0 Å². The van der Waals surface area contributed by atoms with Gasteiger partial charge in [-0.05, 0) is 17.7 Å². The maximum absolute atomic E-state index is 13.0. The van der Waals surface area contributed by atoms with Crippen molar-refractivity contribution in [1.82, 2.24) is 0 Å². The number of anilines is 1. The number of benzene rings is 2. The lowest BCUT2D eigenvalue weighted by molar-refractivity contribution is -0.117. The van der Waals surface area contributed by atoms with Crippen molar-refractivity contribution in [3.63, 3.8) is 0 Å². The molecule has 0 aliphatic rings. The molecule has 0 saturated carbocycles. The predicted octanol–water partition coefficient (Wildman–Crippen LogP) is 2.60. The molecule has 3 N–H and O–H groups in total. The summed E-state index contributed by atoms with van der Waals surface area (Å²) >= 11 is 0. The van der Waals surface area contributed by atoms with Crippen LogP contribution in [0.5, 0.6) is 0 Å². The molecule has 5 heteroatoms. The summed E-state index contributed by atoms with van der Waals surface area (Å²) in [5, 5.41) is 2.38. The summed E-state index contributed by atoms with van der Waals surface area (Å²) in [6.07, 6.45) is 0. The molecular formula is C14H12F2N2O. The Morgan fingerprint density at radius 3 is 2.21 bits per heavy atom. The van der Waals surface area contributed by atoms with E-state index in [0.29, 0.717) is 5.56 Å². The Labute approximate surface area is 109 Å². The predicted molar refractivity (Wildman–Crippen MR) is 68.4 cm³/mol. The van der Waals surface area contributed by atoms with Crippen LogP contribution in [0.1, 0.15) is 11.6 Å². The average Bonchev–Trinajstić information content (AvgIpc) is 2.37. The molecule has 1 unspecified atom stereocenters. The molecule has 0 radical (unpaired) electrons. The number of nitrogens with two attached hydrogens (primary N) is 1. The summed E-state index contributed by atoms with van der Waals surface area (Å²) in [4.78, 5) is 11.9. The second-order valence-electron chi connectivity index (χ2n) is 4.04. The number of halogens is 2.